The van der Waals surface area contributed by atoms with Crippen molar-refractivity contribution in [2.45, 2.75) is 40.7 Å². The second kappa shape index (κ2) is 8.73. The molecule has 0 aliphatic heterocycles. The largest absolute Gasteiger partial charge is 0.479 e. The number of hydrogen-bond acceptors (Lipinski definition) is 5. The smallest absolute Gasteiger partial charge is 0.265 e. The fraction of sp³-hybridized carbons (Fsp3) is 0.261. The van der Waals surface area contributed by atoms with Gasteiger partial charge < -0.3 is 10.1 Å². The SMILES string of the molecule is Cc1cc(C)n(-c2nc3cc(C)c(NC(=O)C(C)Oc4ccc(Cl)cc4Cl)c(C)c3s2)n1. The lowest BCUT2D eigenvalue weighted by Gasteiger charge is -2.18. The zero-order valence-electron chi connectivity index (χ0n) is 18.3. The molecule has 166 valence electrons. The summed E-state index contributed by atoms with van der Waals surface area (Å²) in [5.41, 5.74) is 5.47. The number of thiazole rings is 1. The fourth-order valence-electron chi connectivity index (χ4n) is 3.52. The van der Waals surface area contributed by atoms with Crippen molar-refractivity contribution in [2.24, 2.45) is 0 Å². The molecule has 6 nitrogen and oxygen atoms in total. The predicted molar refractivity (Wildman–Crippen MR) is 131 cm³/mol. The molecule has 2 heterocycles. The first-order chi connectivity index (χ1) is 15.1. The number of halogens is 2. The Kier molecular flexibility index (Phi) is 6.16. The van der Waals surface area contributed by atoms with E-state index in [9.17, 15) is 4.79 Å². The maximum atomic E-state index is 12.9. The Morgan fingerprint density at radius 1 is 1.16 bits per heavy atom. The number of nitrogens with one attached hydrogen (secondary N) is 1. The summed E-state index contributed by atoms with van der Waals surface area (Å²) in [6.45, 7) is 9.57. The van der Waals surface area contributed by atoms with Gasteiger partial charge in [-0.1, -0.05) is 34.5 Å². The Morgan fingerprint density at radius 2 is 1.91 bits per heavy atom. The van der Waals surface area contributed by atoms with Gasteiger partial charge in [0.15, 0.2) is 6.10 Å². The van der Waals surface area contributed by atoms with Crippen molar-refractivity contribution in [3.63, 3.8) is 0 Å². The molecule has 1 atom stereocenters. The number of fused-ring (bicyclic) bond motifs is 1. The minimum absolute atomic E-state index is 0.273. The lowest BCUT2D eigenvalue weighted by Crippen LogP contribution is -2.30. The molecule has 4 rings (SSSR count). The van der Waals surface area contributed by atoms with Crippen LogP contribution in [0.4, 0.5) is 5.69 Å². The van der Waals surface area contributed by atoms with Crippen LogP contribution in [0.2, 0.25) is 10.0 Å². The summed E-state index contributed by atoms with van der Waals surface area (Å²) < 4.78 is 8.60. The molecule has 4 aromatic rings. The van der Waals surface area contributed by atoms with E-state index < -0.39 is 6.10 Å². The summed E-state index contributed by atoms with van der Waals surface area (Å²) in [5.74, 6) is 0.129. The lowest BCUT2D eigenvalue weighted by molar-refractivity contribution is -0.122. The summed E-state index contributed by atoms with van der Waals surface area (Å²) in [6, 6.07) is 8.89. The third kappa shape index (κ3) is 4.33. The first-order valence-electron chi connectivity index (χ1n) is 10.0. The molecule has 2 aromatic carbocycles. The van der Waals surface area contributed by atoms with Crippen LogP contribution in [0, 0.1) is 27.7 Å². The van der Waals surface area contributed by atoms with E-state index >= 15 is 0 Å². The number of anilines is 1. The van der Waals surface area contributed by atoms with Crippen molar-refractivity contribution in [3.8, 4) is 10.9 Å². The number of carbonyl (C=O) groups excluding carboxylic acids is 1. The van der Waals surface area contributed by atoms with Gasteiger partial charge in [0.05, 0.1) is 20.9 Å². The lowest BCUT2D eigenvalue weighted by atomic mass is 10.1. The van der Waals surface area contributed by atoms with Gasteiger partial charge in [-0.15, -0.1) is 0 Å². The van der Waals surface area contributed by atoms with Crippen molar-refractivity contribution >= 4 is 56.3 Å². The van der Waals surface area contributed by atoms with Gasteiger partial charge in [0.25, 0.3) is 5.91 Å². The molecular weight excluding hydrogens is 467 g/mol. The average Bonchev–Trinajstić information content (AvgIpc) is 3.29. The molecule has 1 N–H and O–H groups in total. The van der Waals surface area contributed by atoms with Crippen LogP contribution in [0.15, 0.2) is 30.3 Å². The van der Waals surface area contributed by atoms with Crippen molar-refractivity contribution in [1.82, 2.24) is 14.8 Å². The number of amides is 1. The Labute approximate surface area is 200 Å². The van der Waals surface area contributed by atoms with Crippen LogP contribution in [0.25, 0.3) is 15.3 Å². The summed E-state index contributed by atoms with van der Waals surface area (Å²) in [5, 5.41) is 9.20. The number of aryl methyl sites for hydroxylation is 4. The Hall–Kier alpha value is -2.61. The van der Waals surface area contributed by atoms with Gasteiger partial charge in [-0.05, 0) is 76.1 Å². The topological polar surface area (TPSA) is 69.0 Å². The normalized spacial score (nSPS) is 12.2. The Morgan fingerprint density at radius 3 is 2.56 bits per heavy atom. The average molecular weight is 489 g/mol. The van der Waals surface area contributed by atoms with Gasteiger partial charge in [-0.25, -0.2) is 9.67 Å². The van der Waals surface area contributed by atoms with Gasteiger partial charge in [0, 0.05) is 16.4 Å². The molecule has 2 aromatic heterocycles. The van der Waals surface area contributed by atoms with Crippen molar-refractivity contribution in [1.29, 1.82) is 0 Å². The van der Waals surface area contributed by atoms with E-state index in [1.165, 1.54) is 0 Å². The van der Waals surface area contributed by atoms with Gasteiger partial charge in [0.1, 0.15) is 5.75 Å². The van der Waals surface area contributed by atoms with Gasteiger partial charge in [-0.2, -0.15) is 5.10 Å². The van der Waals surface area contributed by atoms with E-state index in [2.05, 4.69) is 10.4 Å². The van der Waals surface area contributed by atoms with Crippen LogP contribution in [-0.2, 0) is 4.79 Å². The fourth-order valence-corrected chi connectivity index (χ4v) is 5.03. The monoisotopic (exact) mass is 488 g/mol. The molecular formula is C23H22Cl2N4O2S. The molecule has 0 spiro atoms. The minimum atomic E-state index is -0.755. The van der Waals surface area contributed by atoms with Gasteiger partial charge in [-0.3, -0.25) is 4.79 Å². The quantitative estimate of drug-likeness (QED) is 0.351. The second-order valence-corrected chi connectivity index (χ2v) is 9.52. The molecule has 32 heavy (non-hydrogen) atoms. The molecule has 1 amide bonds. The number of nitrogens with zero attached hydrogens (tertiary/aromatic N) is 3. The molecule has 1 unspecified atom stereocenters. The number of benzene rings is 2. The molecule has 0 radical (unpaired) electrons. The summed E-state index contributed by atoms with van der Waals surface area (Å²) in [4.78, 5) is 17.6. The highest BCUT2D eigenvalue weighted by Gasteiger charge is 2.20. The van der Waals surface area contributed by atoms with Gasteiger partial charge in [0.2, 0.25) is 5.13 Å². The van der Waals surface area contributed by atoms with E-state index in [0.29, 0.717) is 15.8 Å². The van der Waals surface area contributed by atoms with E-state index in [-0.39, 0.29) is 5.91 Å². The number of carbonyl (C=O) groups is 1. The highest BCUT2D eigenvalue weighted by atomic mass is 35.5. The van der Waals surface area contributed by atoms with Crippen LogP contribution in [0.3, 0.4) is 0 Å². The molecule has 0 aliphatic carbocycles. The van der Waals surface area contributed by atoms with Crippen molar-refractivity contribution in [2.75, 3.05) is 5.32 Å². The first-order valence-corrected chi connectivity index (χ1v) is 11.6. The number of aromatic nitrogens is 3. The number of rotatable bonds is 5. The Balaban J connectivity index is 1.61. The third-order valence-electron chi connectivity index (χ3n) is 5.11. The van der Waals surface area contributed by atoms with E-state index in [0.717, 1.165) is 43.6 Å². The molecule has 9 heteroatoms. The summed E-state index contributed by atoms with van der Waals surface area (Å²) in [7, 11) is 0. The Bertz CT molecular complexity index is 1350. The molecule has 0 aliphatic rings. The summed E-state index contributed by atoms with van der Waals surface area (Å²) in [6.07, 6.45) is -0.755. The standard InChI is InChI=1S/C23H22Cl2N4O2S/c1-11-8-18-21(32-23(26-18)29-13(3)9-12(2)28-29)14(4)20(11)27-22(30)15(5)31-19-7-6-16(24)10-17(19)25/h6-10,15H,1-5H3,(H,27,30). The number of hydrogen-bond donors (Lipinski definition) is 1. The highest BCUT2D eigenvalue weighted by Crippen LogP contribution is 2.35. The molecule has 0 saturated carbocycles. The highest BCUT2D eigenvalue weighted by molar-refractivity contribution is 7.21. The zero-order chi connectivity index (χ0) is 23.2. The zero-order valence-corrected chi connectivity index (χ0v) is 20.6. The maximum absolute atomic E-state index is 12.9. The minimum Gasteiger partial charge on any atom is -0.479 e. The molecule has 0 fully saturated rings. The van der Waals surface area contributed by atoms with E-state index in [4.69, 9.17) is 32.9 Å². The van der Waals surface area contributed by atoms with E-state index in [1.807, 2.05) is 44.5 Å². The maximum Gasteiger partial charge on any atom is 0.265 e. The molecule has 0 bridgehead atoms. The van der Waals surface area contributed by atoms with Gasteiger partial charge >= 0.3 is 0 Å². The van der Waals surface area contributed by atoms with E-state index in [1.54, 1.807) is 36.5 Å². The number of ether oxygens (including phenoxy) is 1. The van der Waals surface area contributed by atoms with Crippen LogP contribution in [0.5, 0.6) is 5.75 Å². The van der Waals surface area contributed by atoms with Crippen molar-refractivity contribution < 1.29 is 9.53 Å². The molecule has 0 saturated heterocycles. The first kappa shape index (κ1) is 22.6. The van der Waals surface area contributed by atoms with Crippen molar-refractivity contribution in [3.05, 3.63) is 62.9 Å². The van der Waals surface area contributed by atoms with Crippen LogP contribution in [0.1, 0.15) is 29.4 Å². The van der Waals surface area contributed by atoms with Crippen LogP contribution in [-0.4, -0.2) is 26.8 Å². The summed E-state index contributed by atoms with van der Waals surface area (Å²) >= 11 is 13.6. The predicted octanol–water partition coefficient (Wildman–Crippen LogP) is 6.43. The second-order valence-electron chi connectivity index (χ2n) is 7.70. The van der Waals surface area contributed by atoms with Crippen LogP contribution >= 0.6 is 34.5 Å². The van der Waals surface area contributed by atoms with Crippen LogP contribution < -0.4 is 10.1 Å². The third-order valence-corrected chi connectivity index (χ3v) is 6.81.